The van der Waals surface area contributed by atoms with Gasteiger partial charge in [-0.05, 0) is 31.5 Å². The number of rotatable bonds is 7. The molecule has 1 aromatic carbocycles. The molecule has 17 heavy (non-hydrogen) atoms. The van der Waals surface area contributed by atoms with Gasteiger partial charge in [0.2, 0.25) is 0 Å². The number of ether oxygens (including phenoxy) is 1. The van der Waals surface area contributed by atoms with E-state index < -0.39 is 0 Å². The second-order valence-electron chi connectivity index (χ2n) is 4.01. The van der Waals surface area contributed by atoms with Crippen LogP contribution < -0.4 is 5.32 Å². The lowest BCUT2D eigenvalue weighted by molar-refractivity contribution is 0.165. The zero-order chi connectivity index (χ0) is 12.7. The van der Waals surface area contributed by atoms with Gasteiger partial charge in [-0.2, -0.15) is 0 Å². The van der Waals surface area contributed by atoms with Crippen LogP contribution >= 0.6 is 11.6 Å². The van der Waals surface area contributed by atoms with Crippen molar-refractivity contribution in [2.45, 2.75) is 25.8 Å². The molecular weight excluding hydrogens is 241 g/mol. The predicted octanol–water partition coefficient (Wildman–Crippen LogP) is 3.04. The van der Waals surface area contributed by atoms with Crippen molar-refractivity contribution in [3.8, 4) is 0 Å². The van der Waals surface area contributed by atoms with Gasteiger partial charge in [0.25, 0.3) is 0 Å². The standard InChI is InChI=1S/C13H19ClFNO/c1-3-7-16-10(9-17-2)8-11-12(14)5-4-6-13(11)15/h4-6,10,16H,3,7-9H2,1-2H3. The molecule has 1 rings (SSSR count). The molecule has 2 nitrogen and oxygen atoms in total. The molecule has 0 amide bonds. The molecule has 1 atom stereocenters. The molecule has 0 bridgehead atoms. The first-order valence-corrected chi connectivity index (χ1v) is 6.22. The molecule has 0 aliphatic carbocycles. The topological polar surface area (TPSA) is 21.3 Å². The molecule has 4 heteroatoms. The van der Waals surface area contributed by atoms with Crippen molar-refractivity contribution < 1.29 is 9.13 Å². The van der Waals surface area contributed by atoms with Gasteiger partial charge in [0, 0.05) is 23.7 Å². The lowest BCUT2D eigenvalue weighted by Crippen LogP contribution is -2.36. The molecule has 0 radical (unpaired) electrons. The smallest absolute Gasteiger partial charge is 0.127 e. The fourth-order valence-electron chi connectivity index (χ4n) is 1.71. The van der Waals surface area contributed by atoms with Crippen LogP contribution in [0.1, 0.15) is 18.9 Å². The number of benzene rings is 1. The highest BCUT2D eigenvalue weighted by molar-refractivity contribution is 6.31. The maximum Gasteiger partial charge on any atom is 0.127 e. The highest BCUT2D eigenvalue weighted by Crippen LogP contribution is 2.20. The van der Waals surface area contributed by atoms with Gasteiger partial charge in [0.05, 0.1) is 6.61 Å². The second-order valence-corrected chi connectivity index (χ2v) is 4.42. The maximum absolute atomic E-state index is 13.6. The van der Waals surface area contributed by atoms with Crippen LogP contribution in [0.25, 0.3) is 0 Å². The summed E-state index contributed by atoms with van der Waals surface area (Å²) in [6.45, 7) is 3.53. The zero-order valence-electron chi connectivity index (χ0n) is 10.3. The van der Waals surface area contributed by atoms with Crippen molar-refractivity contribution in [2.75, 3.05) is 20.3 Å². The Morgan fingerprint density at radius 3 is 2.82 bits per heavy atom. The monoisotopic (exact) mass is 259 g/mol. The van der Waals surface area contributed by atoms with Crippen LogP contribution in [0.15, 0.2) is 18.2 Å². The average molecular weight is 260 g/mol. The summed E-state index contributed by atoms with van der Waals surface area (Å²) < 4.78 is 18.7. The van der Waals surface area contributed by atoms with Gasteiger partial charge < -0.3 is 10.1 Å². The quantitative estimate of drug-likeness (QED) is 0.813. The molecule has 0 saturated heterocycles. The van der Waals surface area contributed by atoms with E-state index in [0.29, 0.717) is 23.6 Å². The summed E-state index contributed by atoms with van der Waals surface area (Å²) in [6, 6.07) is 4.86. The van der Waals surface area contributed by atoms with Crippen LogP contribution in [0.3, 0.4) is 0 Å². The van der Waals surface area contributed by atoms with E-state index >= 15 is 0 Å². The third-order valence-corrected chi connectivity index (χ3v) is 2.92. The molecule has 0 fully saturated rings. The number of halogens is 2. The Kier molecular flexibility index (Phi) is 6.48. The molecule has 0 spiro atoms. The maximum atomic E-state index is 13.6. The van der Waals surface area contributed by atoms with Crippen LogP contribution in [-0.4, -0.2) is 26.3 Å². The molecule has 96 valence electrons. The molecule has 0 aromatic heterocycles. The first kappa shape index (κ1) is 14.4. The largest absolute Gasteiger partial charge is 0.383 e. The van der Waals surface area contributed by atoms with Crippen molar-refractivity contribution >= 4 is 11.6 Å². The van der Waals surface area contributed by atoms with E-state index in [2.05, 4.69) is 12.2 Å². The van der Waals surface area contributed by atoms with Crippen molar-refractivity contribution in [1.82, 2.24) is 5.32 Å². The Hall–Kier alpha value is -0.640. The third kappa shape index (κ3) is 4.62. The highest BCUT2D eigenvalue weighted by atomic mass is 35.5. The Morgan fingerprint density at radius 2 is 2.24 bits per heavy atom. The van der Waals surface area contributed by atoms with Crippen molar-refractivity contribution in [3.63, 3.8) is 0 Å². The van der Waals surface area contributed by atoms with Crippen LogP contribution in [0.2, 0.25) is 5.02 Å². The Labute approximate surface area is 107 Å². The van der Waals surface area contributed by atoms with Crippen molar-refractivity contribution in [3.05, 3.63) is 34.6 Å². The summed E-state index contributed by atoms with van der Waals surface area (Å²) >= 11 is 6.00. The molecule has 0 heterocycles. The zero-order valence-corrected chi connectivity index (χ0v) is 11.1. The third-order valence-electron chi connectivity index (χ3n) is 2.56. The summed E-state index contributed by atoms with van der Waals surface area (Å²) in [4.78, 5) is 0. The normalized spacial score (nSPS) is 12.7. The molecule has 0 saturated carbocycles. The number of hydrogen-bond donors (Lipinski definition) is 1. The molecular formula is C13H19ClFNO. The Bertz CT molecular complexity index is 326. The van der Waals surface area contributed by atoms with E-state index in [0.717, 1.165) is 13.0 Å². The Balaban J connectivity index is 2.70. The van der Waals surface area contributed by atoms with Crippen LogP contribution in [-0.2, 0) is 11.2 Å². The first-order chi connectivity index (χ1) is 8.19. The highest BCUT2D eigenvalue weighted by Gasteiger charge is 2.14. The van der Waals surface area contributed by atoms with Crippen LogP contribution in [0, 0.1) is 5.82 Å². The number of hydrogen-bond acceptors (Lipinski definition) is 2. The minimum atomic E-state index is -0.253. The van der Waals surface area contributed by atoms with E-state index in [1.807, 2.05) is 0 Å². The SMILES string of the molecule is CCCNC(COC)Cc1c(F)cccc1Cl. The van der Waals surface area contributed by atoms with E-state index in [4.69, 9.17) is 16.3 Å². The van der Waals surface area contributed by atoms with Crippen molar-refractivity contribution in [2.24, 2.45) is 0 Å². The van der Waals surface area contributed by atoms with Gasteiger partial charge in [-0.25, -0.2) is 4.39 Å². The fraction of sp³-hybridized carbons (Fsp3) is 0.538. The summed E-state index contributed by atoms with van der Waals surface area (Å²) in [7, 11) is 1.64. The molecule has 0 aliphatic rings. The van der Waals surface area contributed by atoms with Gasteiger partial charge in [0.15, 0.2) is 0 Å². The van der Waals surface area contributed by atoms with E-state index in [1.165, 1.54) is 6.07 Å². The van der Waals surface area contributed by atoms with Gasteiger partial charge >= 0.3 is 0 Å². The van der Waals surface area contributed by atoms with E-state index in [1.54, 1.807) is 19.2 Å². The average Bonchev–Trinajstić information content (AvgIpc) is 2.31. The minimum absolute atomic E-state index is 0.0920. The van der Waals surface area contributed by atoms with Crippen LogP contribution in [0.5, 0.6) is 0 Å². The van der Waals surface area contributed by atoms with Gasteiger partial charge in [0.1, 0.15) is 5.82 Å². The second kappa shape index (κ2) is 7.64. The number of methoxy groups -OCH3 is 1. The lowest BCUT2D eigenvalue weighted by atomic mass is 10.1. The first-order valence-electron chi connectivity index (χ1n) is 5.84. The van der Waals surface area contributed by atoms with Gasteiger partial charge in [-0.3, -0.25) is 0 Å². The fourth-order valence-corrected chi connectivity index (χ4v) is 1.95. The van der Waals surface area contributed by atoms with E-state index in [9.17, 15) is 4.39 Å². The molecule has 1 unspecified atom stereocenters. The van der Waals surface area contributed by atoms with Crippen molar-refractivity contribution in [1.29, 1.82) is 0 Å². The Morgan fingerprint density at radius 1 is 1.47 bits per heavy atom. The molecule has 1 N–H and O–H groups in total. The summed E-state index contributed by atoms with van der Waals surface area (Å²) in [5.74, 6) is -0.253. The molecule has 1 aromatic rings. The minimum Gasteiger partial charge on any atom is -0.383 e. The lowest BCUT2D eigenvalue weighted by Gasteiger charge is -2.18. The summed E-state index contributed by atoms with van der Waals surface area (Å²) in [5, 5.41) is 3.80. The summed E-state index contributed by atoms with van der Waals surface area (Å²) in [6.07, 6.45) is 1.57. The van der Waals surface area contributed by atoms with Gasteiger partial charge in [-0.1, -0.05) is 24.6 Å². The van der Waals surface area contributed by atoms with E-state index in [-0.39, 0.29) is 11.9 Å². The predicted molar refractivity (Wildman–Crippen MR) is 69.1 cm³/mol. The molecule has 0 aliphatic heterocycles. The van der Waals surface area contributed by atoms with Gasteiger partial charge in [-0.15, -0.1) is 0 Å². The number of nitrogens with one attached hydrogen (secondary N) is 1. The summed E-state index contributed by atoms with van der Waals surface area (Å²) in [5.41, 5.74) is 0.555. The van der Waals surface area contributed by atoms with Crippen LogP contribution in [0.4, 0.5) is 4.39 Å².